The van der Waals surface area contributed by atoms with Crippen LogP contribution in [0.1, 0.15) is 23.8 Å². The summed E-state index contributed by atoms with van der Waals surface area (Å²) in [4.78, 5) is 29.8. The summed E-state index contributed by atoms with van der Waals surface area (Å²) in [5.74, 6) is -0.872. The molecule has 1 fully saturated rings. The zero-order valence-corrected chi connectivity index (χ0v) is 17.3. The van der Waals surface area contributed by atoms with Crippen LogP contribution in [0.5, 0.6) is 0 Å². The molecule has 0 bridgehead atoms. The fourth-order valence-corrected chi connectivity index (χ4v) is 4.04. The number of hydrogen-bond donors (Lipinski definition) is 1. The third-order valence-corrected chi connectivity index (χ3v) is 5.60. The van der Waals surface area contributed by atoms with Crippen molar-refractivity contribution in [3.8, 4) is 0 Å². The third-order valence-electron chi connectivity index (χ3n) is 5.60. The number of aliphatic hydroxyl groups excluding tert-OH is 1. The lowest BCUT2D eigenvalue weighted by atomic mass is 9.95. The first-order valence-corrected chi connectivity index (χ1v) is 10.5. The molecular weight excluding hydrogens is 396 g/mol. The summed E-state index contributed by atoms with van der Waals surface area (Å²) < 4.78 is 10.6. The van der Waals surface area contributed by atoms with Gasteiger partial charge in [0.2, 0.25) is 0 Å². The Morgan fingerprint density at radius 3 is 2.58 bits per heavy atom. The molecule has 1 aromatic carbocycles. The van der Waals surface area contributed by atoms with Crippen LogP contribution in [-0.2, 0) is 14.3 Å². The highest BCUT2D eigenvalue weighted by Gasteiger charge is 2.42. The highest BCUT2D eigenvalue weighted by Crippen LogP contribution is 2.38. The molecule has 0 aliphatic carbocycles. The van der Waals surface area contributed by atoms with E-state index >= 15 is 0 Å². The van der Waals surface area contributed by atoms with Gasteiger partial charge in [-0.3, -0.25) is 14.5 Å². The Bertz CT molecular complexity index is 959. The quantitative estimate of drug-likeness (QED) is 0.659. The van der Waals surface area contributed by atoms with Crippen LogP contribution >= 0.6 is 0 Å². The van der Waals surface area contributed by atoms with Crippen molar-refractivity contribution in [2.75, 3.05) is 39.4 Å². The number of carbonyl (C=O) groups excluding carboxylic acids is 2. The molecule has 2 aliphatic rings. The Labute approximate surface area is 181 Å². The van der Waals surface area contributed by atoms with Crippen molar-refractivity contribution in [3.05, 3.63) is 77.5 Å². The van der Waals surface area contributed by atoms with E-state index in [0.717, 1.165) is 44.8 Å². The zero-order chi connectivity index (χ0) is 21.6. The summed E-state index contributed by atoms with van der Waals surface area (Å²) in [5, 5.41) is 10.6. The van der Waals surface area contributed by atoms with E-state index in [9.17, 15) is 14.7 Å². The molecule has 3 heterocycles. The molecule has 2 aromatic rings. The van der Waals surface area contributed by atoms with Gasteiger partial charge in [-0.25, -0.2) is 0 Å². The van der Waals surface area contributed by atoms with Crippen LogP contribution in [0.25, 0.3) is 6.08 Å². The van der Waals surface area contributed by atoms with Gasteiger partial charge >= 0.3 is 0 Å². The van der Waals surface area contributed by atoms with E-state index in [-0.39, 0.29) is 5.57 Å². The maximum absolute atomic E-state index is 13.0. The SMILES string of the molecule is O=C(C=Cc1ccco1)C1=C(O)C(=O)N(CCCN2CCOCC2)C1c1ccccc1. The van der Waals surface area contributed by atoms with Gasteiger partial charge in [-0.1, -0.05) is 30.3 Å². The van der Waals surface area contributed by atoms with Gasteiger partial charge in [0, 0.05) is 26.2 Å². The number of hydrogen-bond acceptors (Lipinski definition) is 6. The van der Waals surface area contributed by atoms with E-state index in [1.165, 1.54) is 18.4 Å². The highest BCUT2D eigenvalue weighted by atomic mass is 16.5. The number of rotatable bonds is 8. The largest absolute Gasteiger partial charge is 0.503 e. The molecule has 0 saturated carbocycles. The molecule has 4 rings (SSSR count). The molecule has 1 N–H and O–H groups in total. The Morgan fingerprint density at radius 1 is 1.10 bits per heavy atom. The van der Waals surface area contributed by atoms with Crippen LogP contribution < -0.4 is 0 Å². The predicted octanol–water partition coefficient (Wildman–Crippen LogP) is 2.98. The first-order valence-electron chi connectivity index (χ1n) is 10.5. The Morgan fingerprint density at radius 2 is 1.87 bits per heavy atom. The number of ketones is 1. The summed E-state index contributed by atoms with van der Waals surface area (Å²) in [6.07, 6.45) is 5.14. The van der Waals surface area contributed by atoms with Crippen molar-refractivity contribution < 1.29 is 23.8 Å². The number of benzene rings is 1. The molecular formula is C24H26N2O5. The van der Waals surface area contributed by atoms with Gasteiger partial charge in [0.05, 0.1) is 31.1 Å². The van der Waals surface area contributed by atoms with Gasteiger partial charge < -0.3 is 19.2 Å². The van der Waals surface area contributed by atoms with E-state index in [0.29, 0.717) is 12.3 Å². The number of ether oxygens (including phenoxy) is 1. The van der Waals surface area contributed by atoms with Crippen molar-refractivity contribution >= 4 is 17.8 Å². The van der Waals surface area contributed by atoms with Gasteiger partial charge in [0.1, 0.15) is 5.76 Å². The lowest BCUT2D eigenvalue weighted by Crippen LogP contribution is -2.39. The highest BCUT2D eigenvalue weighted by molar-refractivity contribution is 6.14. The molecule has 1 saturated heterocycles. The lowest BCUT2D eigenvalue weighted by Gasteiger charge is -2.29. The van der Waals surface area contributed by atoms with Crippen LogP contribution in [0.3, 0.4) is 0 Å². The van der Waals surface area contributed by atoms with Crippen LogP contribution in [0.15, 0.2) is 70.6 Å². The van der Waals surface area contributed by atoms with Crippen molar-refractivity contribution in [1.29, 1.82) is 0 Å². The van der Waals surface area contributed by atoms with Gasteiger partial charge in [-0.2, -0.15) is 0 Å². The molecule has 2 aliphatic heterocycles. The number of morpholine rings is 1. The third kappa shape index (κ3) is 4.78. The number of carbonyl (C=O) groups is 2. The number of furan rings is 1. The normalized spacial score (nSPS) is 20.2. The summed E-state index contributed by atoms with van der Waals surface area (Å²) >= 11 is 0. The van der Waals surface area contributed by atoms with Crippen molar-refractivity contribution in [2.45, 2.75) is 12.5 Å². The van der Waals surface area contributed by atoms with E-state index in [2.05, 4.69) is 4.90 Å². The molecule has 1 aromatic heterocycles. The fourth-order valence-electron chi connectivity index (χ4n) is 4.04. The van der Waals surface area contributed by atoms with Crippen LogP contribution in [0.4, 0.5) is 0 Å². The van der Waals surface area contributed by atoms with E-state index < -0.39 is 23.5 Å². The number of aliphatic hydroxyl groups is 1. The summed E-state index contributed by atoms with van der Waals surface area (Å²) in [6.45, 7) is 4.47. The Hall–Kier alpha value is -3.16. The fraction of sp³-hybridized carbons (Fsp3) is 0.333. The monoisotopic (exact) mass is 422 g/mol. The zero-order valence-electron chi connectivity index (χ0n) is 17.3. The van der Waals surface area contributed by atoms with Crippen LogP contribution in [0.2, 0.25) is 0 Å². The molecule has 7 nitrogen and oxygen atoms in total. The maximum atomic E-state index is 13.0. The first kappa shape index (κ1) is 21.1. The van der Waals surface area contributed by atoms with E-state index in [1.807, 2.05) is 30.3 Å². The number of allylic oxidation sites excluding steroid dienone is 1. The minimum Gasteiger partial charge on any atom is -0.503 e. The molecule has 31 heavy (non-hydrogen) atoms. The van der Waals surface area contributed by atoms with Crippen LogP contribution in [-0.4, -0.2) is 66.0 Å². The van der Waals surface area contributed by atoms with E-state index in [4.69, 9.17) is 9.15 Å². The maximum Gasteiger partial charge on any atom is 0.290 e. The summed E-state index contributed by atoms with van der Waals surface area (Å²) in [7, 11) is 0. The molecule has 1 unspecified atom stereocenters. The predicted molar refractivity (Wildman–Crippen MR) is 115 cm³/mol. The molecule has 7 heteroatoms. The molecule has 162 valence electrons. The Kier molecular flexibility index (Phi) is 6.64. The molecule has 0 radical (unpaired) electrons. The van der Waals surface area contributed by atoms with E-state index in [1.54, 1.807) is 17.0 Å². The molecule has 1 atom stereocenters. The first-order chi connectivity index (χ1) is 15.1. The second kappa shape index (κ2) is 9.76. The van der Waals surface area contributed by atoms with Gasteiger partial charge in [-0.15, -0.1) is 0 Å². The summed E-state index contributed by atoms with van der Waals surface area (Å²) in [6, 6.07) is 12.2. The van der Waals surface area contributed by atoms with Gasteiger partial charge in [0.25, 0.3) is 5.91 Å². The topological polar surface area (TPSA) is 83.2 Å². The van der Waals surface area contributed by atoms with Crippen molar-refractivity contribution in [2.24, 2.45) is 0 Å². The number of nitrogens with zero attached hydrogens (tertiary/aromatic N) is 2. The average molecular weight is 422 g/mol. The lowest BCUT2D eigenvalue weighted by molar-refractivity contribution is -0.129. The molecule has 0 spiro atoms. The van der Waals surface area contributed by atoms with Gasteiger partial charge in [-0.05, 0) is 36.3 Å². The molecule has 1 amide bonds. The minimum atomic E-state index is -0.618. The van der Waals surface area contributed by atoms with Crippen LogP contribution in [0, 0.1) is 0 Å². The summed E-state index contributed by atoms with van der Waals surface area (Å²) in [5.41, 5.74) is 0.895. The number of amides is 1. The Balaban J connectivity index is 1.54. The second-order valence-electron chi connectivity index (χ2n) is 7.59. The standard InChI is InChI=1S/C24H26N2O5/c27-20(10-9-19-8-4-15-31-19)21-22(18-6-2-1-3-7-18)26(24(29)23(21)28)12-5-11-25-13-16-30-17-14-25/h1-4,6-10,15,22,28H,5,11-14,16-17H2. The van der Waals surface area contributed by atoms with Crippen molar-refractivity contribution in [1.82, 2.24) is 9.80 Å². The minimum absolute atomic E-state index is 0.102. The smallest absolute Gasteiger partial charge is 0.290 e. The second-order valence-corrected chi connectivity index (χ2v) is 7.59. The van der Waals surface area contributed by atoms with Gasteiger partial charge in [0.15, 0.2) is 11.5 Å². The average Bonchev–Trinajstić information content (AvgIpc) is 3.41. The van der Waals surface area contributed by atoms with Crippen molar-refractivity contribution in [3.63, 3.8) is 0 Å².